The minimum atomic E-state index is -4.17. The van der Waals surface area contributed by atoms with Gasteiger partial charge < -0.3 is 15.4 Å². The van der Waals surface area contributed by atoms with Gasteiger partial charge in [-0.3, -0.25) is 4.99 Å². The first-order valence-electron chi connectivity index (χ1n) is 6.09. The Kier molecular flexibility index (Phi) is 9.14. The summed E-state index contributed by atoms with van der Waals surface area (Å²) in [6.07, 6.45) is -5.06. The number of rotatable bonds is 5. The molecule has 0 aliphatic rings. The van der Waals surface area contributed by atoms with E-state index in [1.54, 1.807) is 7.11 Å². The van der Waals surface area contributed by atoms with Gasteiger partial charge in [0.25, 0.3) is 0 Å². The highest BCUT2D eigenvalue weighted by atomic mass is 127. The molecule has 21 heavy (non-hydrogen) atoms. The van der Waals surface area contributed by atoms with E-state index in [0.29, 0.717) is 12.5 Å². The van der Waals surface area contributed by atoms with Crippen molar-refractivity contribution in [2.75, 3.05) is 20.7 Å². The molecule has 0 unspecified atom stereocenters. The molecule has 0 fully saturated rings. The van der Waals surface area contributed by atoms with Gasteiger partial charge in [0, 0.05) is 20.1 Å². The topological polar surface area (TPSA) is 45.7 Å². The van der Waals surface area contributed by atoms with Gasteiger partial charge in [0.2, 0.25) is 0 Å². The molecule has 8 heteroatoms. The Morgan fingerprint density at radius 1 is 1.29 bits per heavy atom. The van der Waals surface area contributed by atoms with E-state index in [1.165, 1.54) is 7.05 Å². The Hall–Kier alpha value is -1.19. The van der Waals surface area contributed by atoms with Crippen molar-refractivity contribution in [1.29, 1.82) is 0 Å². The molecular formula is C13H19F3IN3O. The number of halogens is 4. The summed E-state index contributed by atoms with van der Waals surface area (Å²) < 4.78 is 41.2. The van der Waals surface area contributed by atoms with Gasteiger partial charge in [0.05, 0.1) is 13.5 Å². The second kappa shape index (κ2) is 9.69. The molecule has 2 N–H and O–H groups in total. The number of alkyl halides is 3. The summed E-state index contributed by atoms with van der Waals surface area (Å²) in [5.74, 6) is 1.06. The van der Waals surface area contributed by atoms with Gasteiger partial charge in [0.15, 0.2) is 5.96 Å². The molecule has 0 aromatic heterocycles. The van der Waals surface area contributed by atoms with E-state index >= 15 is 0 Å². The lowest BCUT2D eigenvalue weighted by atomic mass is 10.2. The number of benzene rings is 1. The van der Waals surface area contributed by atoms with E-state index in [2.05, 4.69) is 15.6 Å². The number of methoxy groups -OCH3 is 1. The second-order valence-corrected chi connectivity index (χ2v) is 4.07. The summed E-state index contributed by atoms with van der Waals surface area (Å²) in [6.45, 7) is 0.240. The summed E-state index contributed by atoms with van der Waals surface area (Å²) in [5.41, 5.74) is 0.947. The van der Waals surface area contributed by atoms with Crippen LogP contribution in [0.4, 0.5) is 13.2 Å². The molecule has 0 radical (unpaired) electrons. The number of guanidine groups is 1. The van der Waals surface area contributed by atoms with Crippen LogP contribution in [0, 0.1) is 0 Å². The fourth-order valence-corrected chi connectivity index (χ4v) is 1.51. The summed E-state index contributed by atoms with van der Waals surface area (Å²) in [4.78, 5) is 3.86. The second-order valence-electron chi connectivity index (χ2n) is 4.07. The Balaban J connectivity index is 0.00000400. The van der Waals surface area contributed by atoms with Gasteiger partial charge in [-0.25, -0.2) is 0 Å². The van der Waals surface area contributed by atoms with E-state index in [1.807, 2.05) is 24.3 Å². The number of hydrogen-bond acceptors (Lipinski definition) is 2. The number of aliphatic imine (C=N–C) groups is 1. The van der Waals surface area contributed by atoms with Gasteiger partial charge in [-0.05, 0) is 17.7 Å². The van der Waals surface area contributed by atoms with Crippen molar-refractivity contribution in [3.05, 3.63) is 29.8 Å². The van der Waals surface area contributed by atoms with Crippen molar-refractivity contribution < 1.29 is 17.9 Å². The van der Waals surface area contributed by atoms with Crippen molar-refractivity contribution >= 4 is 29.9 Å². The van der Waals surface area contributed by atoms with E-state index in [-0.39, 0.29) is 30.5 Å². The highest BCUT2D eigenvalue weighted by Gasteiger charge is 2.26. The first-order valence-corrected chi connectivity index (χ1v) is 6.09. The molecule has 0 aliphatic heterocycles. The van der Waals surface area contributed by atoms with Gasteiger partial charge in [-0.1, -0.05) is 12.1 Å². The number of nitrogens with one attached hydrogen (secondary N) is 2. The maximum absolute atomic E-state index is 12.0. The van der Waals surface area contributed by atoms with Crippen LogP contribution in [0.1, 0.15) is 12.0 Å². The highest BCUT2D eigenvalue weighted by Crippen LogP contribution is 2.18. The van der Waals surface area contributed by atoms with Crippen LogP contribution in [0.25, 0.3) is 0 Å². The summed E-state index contributed by atoms with van der Waals surface area (Å²) >= 11 is 0. The zero-order valence-electron chi connectivity index (χ0n) is 11.8. The molecular weight excluding hydrogens is 398 g/mol. The van der Waals surface area contributed by atoms with Crippen molar-refractivity contribution in [1.82, 2.24) is 10.6 Å². The van der Waals surface area contributed by atoms with E-state index in [4.69, 9.17) is 4.74 Å². The monoisotopic (exact) mass is 417 g/mol. The third kappa shape index (κ3) is 8.64. The van der Waals surface area contributed by atoms with Crippen LogP contribution in [0.15, 0.2) is 29.3 Å². The van der Waals surface area contributed by atoms with Crippen LogP contribution >= 0.6 is 24.0 Å². The van der Waals surface area contributed by atoms with Crippen molar-refractivity contribution in [2.24, 2.45) is 4.99 Å². The Morgan fingerprint density at radius 3 is 2.57 bits per heavy atom. The molecule has 0 saturated carbocycles. The maximum Gasteiger partial charge on any atom is 0.390 e. The third-order valence-corrected chi connectivity index (χ3v) is 2.52. The van der Waals surface area contributed by atoms with Crippen LogP contribution in [-0.2, 0) is 6.54 Å². The van der Waals surface area contributed by atoms with Crippen LogP contribution < -0.4 is 15.4 Å². The van der Waals surface area contributed by atoms with Gasteiger partial charge in [-0.15, -0.1) is 24.0 Å². The predicted molar refractivity (Wildman–Crippen MR) is 87.3 cm³/mol. The molecule has 0 atom stereocenters. The maximum atomic E-state index is 12.0. The van der Waals surface area contributed by atoms with Crippen molar-refractivity contribution in [3.63, 3.8) is 0 Å². The first-order chi connectivity index (χ1) is 9.44. The zero-order valence-corrected chi connectivity index (χ0v) is 14.2. The SMILES string of the molecule is CN=C(NCCC(F)(F)F)NCc1cccc(OC)c1.I. The molecule has 0 amide bonds. The van der Waals surface area contributed by atoms with Crippen LogP contribution in [-0.4, -0.2) is 32.8 Å². The number of ether oxygens (including phenoxy) is 1. The molecule has 1 aromatic rings. The van der Waals surface area contributed by atoms with Crippen LogP contribution in [0.3, 0.4) is 0 Å². The normalized spacial score (nSPS) is 11.6. The quantitative estimate of drug-likeness (QED) is 0.440. The average molecular weight is 417 g/mol. The fourth-order valence-electron chi connectivity index (χ4n) is 1.51. The van der Waals surface area contributed by atoms with Gasteiger partial charge in [0.1, 0.15) is 5.75 Å². The van der Waals surface area contributed by atoms with Crippen molar-refractivity contribution in [2.45, 2.75) is 19.1 Å². The van der Waals surface area contributed by atoms with E-state index < -0.39 is 12.6 Å². The number of hydrogen-bond donors (Lipinski definition) is 2. The van der Waals surface area contributed by atoms with Gasteiger partial charge >= 0.3 is 6.18 Å². The molecule has 4 nitrogen and oxygen atoms in total. The molecule has 1 rings (SSSR count). The molecule has 0 spiro atoms. The predicted octanol–water partition coefficient (Wildman–Crippen LogP) is 2.93. The first kappa shape index (κ1) is 19.8. The van der Waals surface area contributed by atoms with E-state index in [0.717, 1.165) is 11.3 Å². The summed E-state index contributed by atoms with van der Waals surface area (Å²) in [7, 11) is 3.08. The van der Waals surface area contributed by atoms with Crippen molar-refractivity contribution in [3.8, 4) is 5.75 Å². The lowest BCUT2D eigenvalue weighted by molar-refractivity contribution is -0.132. The Morgan fingerprint density at radius 2 is 2.00 bits per heavy atom. The number of nitrogens with zero attached hydrogens (tertiary/aromatic N) is 1. The third-order valence-electron chi connectivity index (χ3n) is 2.52. The molecule has 0 saturated heterocycles. The lowest BCUT2D eigenvalue weighted by Crippen LogP contribution is -2.38. The molecule has 0 heterocycles. The Labute approximate surface area is 139 Å². The minimum Gasteiger partial charge on any atom is -0.497 e. The van der Waals surface area contributed by atoms with E-state index in [9.17, 15) is 13.2 Å². The fraction of sp³-hybridized carbons (Fsp3) is 0.462. The molecule has 120 valence electrons. The van der Waals surface area contributed by atoms with Gasteiger partial charge in [-0.2, -0.15) is 13.2 Å². The minimum absolute atomic E-state index is 0. The molecule has 0 aliphatic carbocycles. The van der Waals surface area contributed by atoms with Crippen LogP contribution in [0.5, 0.6) is 5.75 Å². The van der Waals surface area contributed by atoms with Crippen LogP contribution in [0.2, 0.25) is 0 Å². The summed E-state index contributed by atoms with van der Waals surface area (Å²) in [5, 5.41) is 5.55. The summed E-state index contributed by atoms with van der Waals surface area (Å²) in [6, 6.07) is 7.39. The standard InChI is InChI=1S/C13H18F3N3O.HI/c1-17-12(18-7-6-13(14,15)16)19-9-10-4-3-5-11(8-10)20-2;/h3-5,8H,6-7,9H2,1-2H3,(H2,17,18,19);1H. The smallest absolute Gasteiger partial charge is 0.390 e. The highest BCUT2D eigenvalue weighted by molar-refractivity contribution is 14.0. The molecule has 0 bridgehead atoms. The zero-order chi connectivity index (χ0) is 15.0. The average Bonchev–Trinajstić information content (AvgIpc) is 2.41. The Bertz CT molecular complexity index is 453. The molecule has 1 aromatic carbocycles. The lowest BCUT2D eigenvalue weighted by Gasteiger charge is -2.13. The largest absolute Gasteiger partial charge is 0.497 e.